The quantitative estimate of drug-likeness (QED) is 0.862. The van der Waals surface area contributed by atoms with Crippen LogP contribution in [0, 0.1) is 6.92 Å². The average Bonchev–Trinajstić information content (AvgIpc) is 2.66. The third kappa shape index (κ3) is 3.37. The van der Waals surface area contributed by atoms with Crippen molar-refractivity contribution in [2.45, 2.75) is 39.8 Å². The van der Waals surface area contributed by atoms with E-state index in [1.165, 1.54) is 10.9 Å². The predicted molar refractivity (Wildman–Crippen MR) is 78.4 cm³/mol. The van der Waals surface area contributed by atoms with E-state index in [2.05, 4.69) is 25.2 Å². The minimum atomic E-state index is -0.137. The Morgan fingerprint density at radius 3 is 2.74 bits per heavy atom. The monoisotopic (exact) mass is 261 g/mol. The Kier molecular flexibility index (Phi) is 4.27. The summed E-state index contributed by atoms with van der Waals surface area (Å²) in [6.45, 7) is 10.6. The summed E-state index contributed by atoms with van der Waals surface area (Å²) in [5.74, 6) is 0.989. The molecule has 0 saturated carbocycles. The molecule has 104 valence electrons. The van der Waals surface area contributed by atoms with Crippen LogP contribution in [0.4, 0.5) is 0 Å². The zero-order chi connectivity index (χ0) is 13.9. The van der Waals surface area contributed by atoms with E-state index in [4.69, 9.17) is 9.15 Å². The van der Waals surface area contributed by atoms with Crippen LogP contribution in [-0.2, 0) is 11.3 Å². The van der Waals surface area contributed by atoms with Crippen molar-refractivity contribution < 1.29 is 9.15 Å². The molecule has 19 heavy (non-hydrogen) atoms. The third-order valence-electron chi connectivity index (χ3n) is 3.29. The van der Waals surface area contributed by atoms with Crippen molar-refractivity contribution >= 4 is 11.0 Å². The van der Waals surface area contributed by atoms with Gasteiger partial charge in [-0.2, -0.15) is 0 Å². The number of para-hydroxylation sites is 1. The molecule has 3 heteroatoms. The zero-order valence-corrected chi connectivity index (χ0v) is 12.2. The SMILES string of the molecule is CCOC(C)(C)CNCc1c(C)oc2ccccc12. The maximum atomic E-state index is 5.76. The molecule has 0 saturated heterocycles. The summed E-state index contributed by atoms with van der Waals surface area (Å²) in [6, 6.07) is 8.16. The lowest BCUT2D eigenvalue weighted by molar-refractivity contribution is -0.00898. The molecule has 0 unspecified atom stereocenters. The first kappa shape index (κ1) is 14.1. The summed E-state index contributed by atoms with van der Waals surface area (Å²) in [6.07, 6.45) is 0. The van der Waals surface area contributed by atoms with Crippen molar-refractivity contribution in [3.05, 3.63) is 35.6 Å². The maximum Gasteiger partial charge on any atom is 0.134 e. The molecule has 0 aliphatic heterocycles. The summed E-state index contributed by atoms with van der Waals surface area (Å²) in [4.78, 5) is 0. The van der Waals surface area contributed by atoms with Gasteiger partial charge in [0, 0.05) is 30.6 Å². The number of benzene rings is 1. The van der Waals surface area contributed by atoms with Crippen LogP contribution in [0.5, 0.6) is 0 Å². The molecule has 1 aromatic carbocycles. The molecular weight excluding hydrogens is 238 g/mol. The smallest absolute Gasteiger partial charge is 0.134 e. The number of rotatable bonds is 6. The molecule has 1 N–H and O–H groups in total. The fraction of sp³-hybridized carbons (Fsp3) is 0.500. The Bertz CT molecular complexity index is 543. The standard InChI is InChI=1S/C16H23NO2/c1-5-18-16(3,4)11-17-10-14-12(2)19-15-9-7-6-8-13(14)15/h6-9,17H,5,10-11H2,1-4H3. The van der Waals surface area contributed by atoms with Gasteiger partial charge in [-0.05, 0) is 33.8 Å². The minimum absolute atomic E-state index is 0.137. The number of aryl methyl sites for hydroxylation is 1. The van der Waals surface area contributed by atoms with E-state index < -0.39 is 0 Å². The van der Waals surface area contributed by atoms with E-state index in [1.807, 2.05) is 32.0 Å². The molecule has 0 aliphatic carbocycles. The number of fused-ring (bicyclic) bond motifs is 1. The number of hydrogen-bond donors (Lipinski definition) is 1. The summed E-state index contributed by atoms with van der Waals surface area (Å²) in [5, 5.41) is 4.66. The summed E-state index contributed by atoms with van der Waals surface area (Å²) >= 11 is 0. The van der Waals surface area contributed by atoms with Gasteiger partial charge in [-0.3, -0.25) is 0 Å². The second kappa shape index (κ2) is 5.76. The van der Waals surface area contributed by atoms with Crippen LogP contribution in [0.1, 0.15) is 32.1 Å². The lowest BCUT2D eigenvalue weighted by atomic mass is 10.1. The summed E-state index contributed by atoms with van der Waals surface area (Å²) in [5.41, 5.74) is 2.06. The van der Waals surface area contributed by atoms with Crippen molar-refractivity contribution in [1.82, 2.24) is 5.32 Å². The molecule has 0 bridgehead atoms. The average molecular weight is 261 g/mol. The number of ether oxygens (including phenoxy) is 1. The van der Waals surface area contributed by atoms with E-state index in [0.717, 1.165) is 31.0 Å². The van der Waals surface area contributed by atoms with E-state index in [9.17, 15) is 0 Å². The number of furan rings is 1. The molecule has 1 heterocycles. The predicted octanol–water partition coefficient (Wildman–Crippen LogP) is 3.65. The highest BCUT2D eigenvalue weighted by atomic mass is 16.5. The summed E-state index contributed by atoms with van der Waals surface area (Å²) < 4.78 is 11.4. The van der Waals surface area contributed by atoms with Gasteiger partial charge in [0.05, 0.1) is 5.60 Å². The van der Waals surface area contributed by atoms with Crippen molar-refractivity contribution in [1.29, 1.82) is 0 Å². The lowest BCUT2D eigenvalue weighted by Gasteiger charge is -2.25. The molecule has 0 aliphatic rings. The van der Waals surface area contributed by atoms with Crippen molar-refractivity contribution in [3.8, 4) is 0 Å². The van der Waals surface area contributed by atoms with Crippen LogP contribution in [0.2, 0.25) is 0 Å². The second-order valence-electron chi connectivity index (χ2n) is 5.43. The molecule has 3 nitrogen and oxygen atoms in total. The molecule has 0 spiro atoms. The van der Waals surface area contributed by atoms with Gasteiger partial charge in [0.15, 0.2) is 0 Å². The van der Waals surface area contributed by atoms with Gasteiger partial charge in [-0.15, -0.1) is 0 Å². The minimum Gasteiger partial charge on any atom is -0.461 e. The fourth-order valence-corrected chi connectivity index (χ4v) is 2.37. The molecule has 1 aromatic heterocycles. The van der Waals surface area contributed by atoms with Crippen molar-refractivity contribution in [2.24, 2.45) is 0 Å². The highest BCUT2D eigenvalue weighted by Gasteiger charge is 2.17. The van der Waals surface area contributed by atoms with Gasteiger partial charge in [-0.25, -0.2) is 0 Å². The van der Waals surface area contributed by atoms with Crippen LogP contribution in [0.15, 0.2) is 28.7 Å². The van der Waals surface area contributed by atoms with E-state index in [0.29, 0.717) is 0 Å². The first-order chi connectivity index (χ1) is 9.03. The van der Waals surface area contributed by atoms with E-state index in [1.54, 1.807) is 0 Å². The Labute approximate surface area is 114 Å². The van der Waals surface area contributed by atoms with Crippen LogP contribution >= 0.6 is 0 Å². The number of nitrogens with one attached hydrogen (secondary N) is 1. The third-order valence-corrected chi connectivity index (χ3v) is 3.29. The zero-order valence-electron chi connectivity index (χ0n) is 12.2. The van der Waals surface area contributed by atoms with E-state index in [-0.39, 0.29) is 5.60 Å². The molecule has 0 radical (unpaired) electrons. The molecule has 0 fully saturated rings. The van der Waals surface area contributed by atoms with Crippen molar-refractivity contribution in [3.63, 3.8) is 0 Å². The molecule has 2 aromatic rings. The Morgan fingerprint density at radius 1 is 1.26 bits per heavy atom. The van der Waals surface area contributed by atoms with Gasteiger partial charge < -0.3 is 14.5 Å². The van der Waals surface area contributed by atoms with Crippen LogP contribution in [0.3, 0.4) is 0 Å². The van der Waals surface area contributed by atoms with Crippen molar-refractivity contribution in [2.75, 3.05) is 13.2 Å². The molecular formula is C16H23NO2. The van der Waals surface area contributed by atoms with Crippen LogP contribution in [-0.4, -0.2) is 18.8 Å². The Morgan fingerprint density at radius 2 is 2.00 bits per heavy atom. The number of hydrogen-bond acceptors (Lipinski definition) is 3. The topological polar surface area (TPSA) is 34.4 Å². The van der Waals surface area contributed by atoms with Gasteiger partial charge in [0.1, 0.15) is 11.3 Å². The Hall–Kier alpha value is -1.32. The molecule has 2 rings (SSSR count). The highest BCUT2D eigenvalue weighted by Crippen LogP contribution is 2.25. The molecule has 0 amide bonds. The van der Waals surface area contributed by atoms with Gasteiger partial charge in [0.25, 0.3) is 0 Å². The first-order valence-electron chi connectivity index (χ1n) is 6.85. The fourth-order valence-electron chi connectivity index (χ4n) is 2.37. The van der Waals surface area contributed by atoms with Gasteiger partial charge in [-0.1, -0.05) is 18.2 Å². The van der Waals surface area contributed by atoms with Gasteiger partial charge >= 0.3 is 0 Å². The van der Waals surface area contributed by atoms with E-state index >= 15 is 0 Å². The summed E-state index contributed by atoms with van der Waals surface area (Å²) in [7, 11) is 0. The Balaban J connectivity index is 2.04. The maximum absolute atomic E-state index is 5.76. The normalized spacial score (nSPS) is 12.2. The van der Waals surface area contributed by atoms with Crippen LogP contribution in [0.25, 0.3) is 11.0 Å². The highest BCUT2D eigenvalue weighted by molar-refractivity contribution is 5.82. The first-order valence-corrected chi connectivity index (χ1v) is 6.85. The second-order valence-corrected chi connectivity index (χ2v) is 5.43. The molecule has 0 atom stereocenters. The lowest BCUT2D eigenvalue weighted by Crippen LogP contribution is -2.37. The largest absolute Gasteiger partial charge is 0.461 e. The van der Waals surface area contributed by atoms with Crippen LogP contribution < -0.4 is 5.32 Å². The van der Waals surface area contributed by atoms with Gasteiger partial charge in [0.2, 0.25) is 0 Å².